The molecule has 0 spiro atoms. The van der Waals surface area contributed by atoms with Gasteiger partial charge < -0.3 is 9.64 Å². The maximum atomic E-state index is 13.0. The van der Waals surface area contributed by atoms with Crippen molar-refractivity contribution >= 4 is 21.8 Å². The van der Waals surface area contributed by atoms with E-state index in [0.717, 1.165) is 55.6 Å². The van der Waals surface area contributed by atoms with Gasteiger partial charge in [0, 0.05) is 30.1 Å². The summed E-state index contributed by atoms with van der Waals surface area (Å²) in [5, 5.41) is 0. The number of carbonyl (C=O) groups is 1. The molecule has 0 aromatic heterocycles. The summed E-state index contributed by atoms with van der Waals surface area (Å²) in [5.41, 5.74) is 0.910. The Kier molecular flexibility index (Phi) is 4.36. The number of halogens is 1. The monoisotopic (exact) mass is 351 g/mol. The zero-order valence-corrected chi connectivity index (χ0v) is 14.1. The van der Waals surface area contributed by atoms with E-state index >= 15 is 0 Å². The van der Waals surface area contributed by atoms with E-state index in [-0.39, 0.29) is 5.41 Å². The van der Waals surface area contributed by atoms with E-state index in [0.29, 0.717) is 11.8 Å². The predicted molar refractivity (Wildman–Crippen MR) is 86.2 cm³/mol. The van der Waals surface area contributed by atoms with Gasteiger partial charge in [0.15, 0.2) is 0 Å². The van der Waals surface area contributed by atoms with Gasteiger partial charge in [0.25, 0.3) is 0 Å². The molecule has 0 bridgehead atoms. The van der Waals surface area contributed by atoms with Crippen molar-refractivity contribution in [3.8, 4) is 0 Å². The number of hydrogen-bond donors (Lipinski definition) is 0. The lowest BCUT2D eigenvalue weighted by Crippen LogP contribution is -2.42. The van der Waals surface area contributed by atoms with Crippen molar-refractivity contribution in [2.45, 2.75) is 31.6 Å². The second kappa shape index (κ2) is 6.09. The normalized spacial score (nSPS) is 23.0. The number of carbonyl (C=O) groups excluding carboxylic acids is 1. The fraction of sp³-hybridized carbons (Fsp3) is 0.588. The first kappa shape index (κ1) is 15.0. The van der Waals surface area contributed by atoms with Gasteiger partial charge in [0.2, 0.25) is 5.91 Å². The lowest BCUT2D eigenvalue weighted by Gasteiger charge is -2.28. The average Bonchev–Trinajstić information content (AvgIpc) is 3.15. The average molecular weight is 352 g/mol. The van der Waals surface area contributed by atoms with Crippen LogP contribution in [0.25, 0.3) is 0 Å². The van der Waals surface area contributed by atoms with Crippen LogP contribution in [0, 0.1) is 5.92 Å². The molecule has 2 fully saturated rings. The van der Waals surface area contributed by atoms with Gasteiger partial charge in [-0.05, 0) is 43.9 Å². The van der Waals surface area contributed by atoms with Crippen molar-refractivity contribution in [3.63, 3.8) is 0 Å². The number of rotatable bonds is 5. The molecule has 1 amide bonds. The first-order valence-corrected chi connectivity index (χ1v) is 8.58. The van der Waals surface area contributed by atoms with Gasteiger partial charge in [0.1, 0.15) is 0 Å². The quantitative estimate of drug-likeness (QED) is 0.813. The van der Waals surface area contributed by atoms with Crippen LogP contribution in [-0.4, -0.2) is 37.1 Å². The molecule has 3 nitrogen and oxygen atoms in total. The molecule has 1 heterocycles. The molecule has 0 radical (unpaired) electrons. The minimum atomic E-state index is -0.254. The Bertz CT molecular complexity index is 504. The summed E-state index contributed by atoms with van der Waals surface area (Å²) in [6.07, 6.45) is 3.03. The van der Waals surface area contributed by atoms with Crippen LogP contribution in [0.2, 0.25) is 0 Å². The van der Waals surface area contributed by atoms with Crippen molar-refractivity contribution in [1.82, 2.24) is 4.90 Å². The van der Waals surface area contributed by atoms with E-state index in [1.54, 1.807) is 0 Å². The Labute approximate surface area is 134 Å². The highest BCUT2D eigenvalue weighted by Crippen LogP contribution is 2.49. The molecule has 21 heavy (non-hydrogen) atoms. The van der Waals surface area contributed by atoms with E-state index in [2.05, 4.69) is 35.0 Å². The van der Waals surface area contributed by atoms with E-state index in [4.69, 9.17) is 4.74 Å². The molecule has 114 valence electrons. The fourth-order valence-corrected chi connectivity index (χ4v) is 3.48. The van der Waals surface area contributed by atoms with Crippen molar-refractivity contribution in [2.24, 2.45) is 5.92 Å². The maximum absolute atomic E-state index is 13.0. The van der Waals surface area contributed by atoms with Crippen LogP contribution < -0.4 is 0 Å². The number of likely N-dealkylation sites (N-methyl/N-ethyl adjacent to an activating group) is 1. The standard InChI is InChI=1S/C17H22BrNO2/c1-2-19(11-13-7-10-21-12-13)16(20)17(8-9-17)14-3-5-15(18)6-4-14/h3-6,13H,2,7-12H2,1H3. The van der Waals surface area contributed by atoms with E-state index in [1.807, 2.05) is 17.0 Å². The molecule has 2 aliphatic rings. The van der Waals surface area contributed by atoms with Crippen molar-refractivity contribution < 1.29 is 9.53 Å². The molecule has 1 atom stereocenters. The molecule has 1 unspecified atom stereocenters. The molecule has 4 heteroatoms. The first-order chi connectivity index (χ1) is 10.2. The summed E-state index contributed by atoms with van der Waals surface area (Å²) in [6, 6.07) is 8.23. The van der Waals surface area contributed by atoms with E-state index in [9.17, 15) is 4.79 Å². The van der Waals surface area contributed by atoms with Gasteiger partial charge >= 0.3 is 0 Å². The van der Waals surface area contributed by atoms with Crippen LogP contribution >= 0.6 is 15.9 Å². The highest BCUT2D eigenvalue weighted by Gasteiger charge is 2.52. The minimum absolute atomic E-state index is 0.254. The van der Waals surface area contributed by atoms with Crippen LogP contribution in [0.4, 0.5) is 0 Å². The van der Waals surface area contributed by atoms with Crippen LogP contribution in [0.5, 0.6) is 0 Å². The first-order valence-electron chi connectivity index (χ1n) is 7.79. The number of ether oxygens (including phenoxy) is 1. The highest BCUT2D eigenvalue weighted by atomic mass is 79.9. The summed E-state index contributed by atoms with van der Waals surface area (Å²) in [6.45, 7) is 5.34. The van der Waals surface area contributed by atoms with E-state index in [1.165, 1.54) is 0 Å². The summed E-state index contributed by atoms with van der Waals surface area (Å²) in [7, 11) is 0. The maximum Gasteiger partial charge on any atom is 0.233 e. The number of nitrogens with zero attached hydrogens (tertiary/aromatic N) is 1. The van der Waals surface area contributed by atoms with Gasteiger partial charge in [-0.25, -0.2) is 0 Å². The molecule has 0 N–H and O–H groups in total. The third-order valence-corrected chi connectivity index (χ3v) is 5.26. The third-order valence-electron chi connectivity index (χ3n) is 4.73. The lowest BCUT2D eigenvalue weighted by molar-refractivity contribution is -0.134. The Morgan fingerprint density at radius 1 is 1.38 bits per heavy atom. The molecule has 1 saturated carbocycles. The van der Waals surface area contributed by atoms with Crippen molar-refractivity contribution in [3.05, 3.63) is 34.3 Å². The van der Waals surface area contributed by atoms with Gasteiger partial charge in [-0.3, -0.25) is 4.79 Å². The van der Waals surface area contributed by atoms with Crippen LogP contribution in [0.1, 0.15) is 31.7 Å². The molecular formula is C17H22BrNO2. The summed E-state index contributed by atoms with van der Waals surface area (Å²) in [4.78, 5) is 15.0. The molecule has 1 aromatic carbocycles. The molecule has 1 aromatic rings. The highest BCUT2D eigenvalue weighted by molar-refractivity contribution is 9.10. The van der Waals surface area contributed by atoms with Crippen LogP contribution in [-0.2, 0) is 14.9 Å². The topological polar surface area (TPSA) is 29.5 Å². The van der Waals surface area contributed by atoms with Crippen LogP contribution in [0.3, 0.4) is 0 Å². The second-order valence-electron chi connectivity index (χ2n) is 6.16. The number of benzene rings is 1. The fourth-order valence-electron chi connectivity index (χ4n) is 3.22. The number of amides is 1. The molecule has 1 saturated heterocycles. The molecule has 1 aliphatic heterocycles. The molecule has 1 aliphatic carbocycles. The third kappa shape index (κ3) is 3.02. The second-order valence-corrected chi connectivity index (χ2v) is 7.08. The Hall–Kier alpha value is -0.870. The van der Waals surface area contributed by atoms with Gasteiger partial charge in [-0.15, -0.1) is 0 Å². The Morgan fingerprint density at radius 3 is 2.62 bits per heavy atom. The molecule has 3 rings (SSSR count). The van der Waals surface area contributed by atoms with Gasteiger partial charge in [0.05, 0.1) is 12.0 Å². The number of hydrogen-bond acceptors (Lipinski definition) is 2. The molecular weight excluding hydrogens is 330 g/mol. The SMILES string of the molecule is CCN(CC1CCOC1)C(=O)C1(c2ccc(Br)cc2)CC1. The minimum Gasteiger partial charge on any atom is -0.381 e. The van der Waals surface area contributed by atoms with Gasteiger partial charge in [-0.1, -0.05) is 28.1 Å². The summed E-state index contributed by atoms with van der Waals surface area (Å²) in [5.74, 6) is 0.814. The summed E-state index contributed by atoms with van der Waals surface area (Å²) >= 11 is 3.46. The smallest absolute Gasteiger partial charge is 0.233 e. The van der Waals surface area contributed by atoms with Crippen LogP contribution in [0.15, 0.2) is 28.7 Å². The lowest BCUT2D eigenvalue weighted by atomic mass is 9.93. The summed E-state index contributed by atoms with van der Waals surface area (Å²) < 4.78 is 6.50. The Balaban J connectivity index is 1.74. The predicted octanol–water partition coefficient (Wildman–Crippen LogP) is 3.37. The largest absolute Gasteiger partial charge is 0.381 e. The Morgan fingerprint density at radius 2 is 2.10 bits per heavy atom. The zero-order valence-electron chi connectivity index (χ0n) is 12.5. The van der Waals surface area contributed by atoms with Crippen molar-refractivity contribution in [2.75, 3.05) is 26.3 Å². The zero-order chi connectivity index (χ0) is 14.9. The van der Waals surface area contributed by atoms with Crippen molar-refractivity contribution in [1.29, 1.82) is 0 Å². The van der Waals surface area contributed by atoms with E-state index < -0.39 is 0 Å². The van der Waals surface area contributed by atoms with Gasteiger partial charge in [-0.2, -0.15) is 0 Å².